The highest BCUT2D eigenvalue weighted by Gasteiger charge is 2.22. The van der Waals surface area contributed by atoms with Gasteiger partial charge in [0.15, 0.2) is 11.3 Å². The Morgan fingerprint density at radius 1 is 1.00 bits per heavy atom. The molecule has 0 radical (unpaired) electrons. The first-order chi connectivity index (χ1) is 12.0. The number of carbonyl (C=O) groups excluding carboxylic acids is 1. The Kier molecular flexibility index (Phi) is 4.43. The van der Waals surface area contributed by atoms with Crippen LogP contribution < -0.4 is 19.8 Å². The molecule has 0 saturated carbocycles. The molecule has 3 aromatic rings. The number of esters is 1. The zero-order valence-electron chi connectivity index (χ0n) is 14.0. The van der Waals surface area contributed by atoms with Gasteiger partial charge in [0.25, 0.3) is 0 Å². The van der Waals surface area contributed by atoms with Crippen molar-refractivity contribution in [1.29, 1.82) is 0 Å². The molecule has 25 heavy (non-hydrogen) atoms. The Balaban J connectivity index is 2.43. The van der Waals surface area contributed by atoms with Crippen molar-refractivity contribution in [1.82, 2.24) is 0 Å². The Bertz CT molecular complexity index is 988. The molecule has 0 saturated heterocycles. The zero-order chi connectivity index (χ0) is 18.0. The average Bonchev–Trinajstić information content (AvgIpc) is 2.60. The summed E-state index contributed by atoms with van der Waals surface area (Å²) in [5.74, 6) is 0.0495. The fraction of sp³-hybridized carbons (Fsp3) is 0.158. The van der Waals surface area contributed by atoms with Gasteiger partial charge in [-0.25, -0.2) is 4.79 Å². The van der Waals surface area contributed by atoms with Crippen molar-refractivity contribution in [3.8, 4) is 28.4 Å². The fourth-order valence-electron chi connectivity index (χ4n) is 2.69. The molecule has 6 heteroatoms. The molecule has 0 fully saturated rings. The van der Waals surface area contributed by atoms with Crippen LogP contribution >= 0.6 is 0 Å². The van der Waals surface area contributed by atoms with Crippen molar-refractivity contribution in [3.05, 3.63) is 52.9 Å². The molecule has 0 aliphatic heterocycles. The standard InChI is InChI=1S/C19H16O6/c1-11(20)24-15-9-14-13(12-7-5-4-6-8-12)10-16(21)25-17(14)19(23-3)18(15)22-2/h4-10H,1-3H3. The van der Waals surface area contributed by atoms with Crippen molar-refractivity contribution in [2.24, 2.45) is 0 Å². The van der Waals surface area contributed by atoms with Gasteiger partial charge < -0.3 is 18.6 Å². The highest BCUT2D eigenvalue weighted by molar-refractivity contribution is 5.99. The van der Waals surface area contributed by atoms with E-state index < -0.39 is 11.6 Å². The van der Waals surface area contributed by atoms with Crippen LogP contribution in [-0.2, 0) is 4.79 Å². The first-order valence-corrected chi connectivity index (χ1v) is 7.51. The molecular formula is C19H16O6. The number of ether oxygens (including phenoxy) is 3. The summed E-state index contributed by atoms with van der Waals surface area (Å²) in [4.78, 5) is 23.5. The van der Waals surface area contributed by atoms with Crippen molar-refractivity contribution < 1.29 is 23.4 Å². The van der Waals surface area contributed by atoms with Gasteiger partial charge in [-0.2, -0.15) is 0 Å². The highest BCUT2D eigenvalue weighted by Crippen LogP contribution is 2.45. The lowest BCUT2D eigenvalue weighted by Gasteiger charge is -2.15. The van der Waals surface area contributed by atoms with Gasteiger partial charge in [-0.1, -0.05) is 30.3 Å². The molecular weight excluding hydrogens is 324 g/mol. The number of hydrogen-bond donors (Lipinski definition) is 0. The molecule has 0 aliphatic rings. The van der Waals surface area contributed by atoms with Crippen molar-refractivity contribution in [3.63, 3.8) is 0 Å². The molecule has 0 atom stereocenters. The lowest BCUT2D eigenvalue weighted by molar-refractivity contribution is -0.132. The molecule has 1 aromatic heterocycles. The molecule has 2 aromatic carbocycles. The van der Waals surface area contributed by atoms with E-state index in [9.17, 15) is 9.59 Å². The fourth-order valence-corrected chi connectivity index (χ4v) is 2.69. The first-order valence-electron chi connectivity index (χ1n) is 7.51. The summed E-state index contributed by atoms with van der Waals surface area (Å²) in [5.41, 5.74) is 1.16. The summed E-state index contributed by atoms with van der Waals surface area (Å²) in [7, 11) is 2.83. The third kappa shape index (κ3) is 3.06. The summed E-state index contributed by atoms with van der Waals surface area (Å²) in [6, 6.07) is 12.3. The highest BCUT2D eigenvalue weighted by atomic mass is 16.6. The molecule has 128 valence electrons. The number of carbonyl (C=O) groups is 1. The topological polar surface area (TPSA) is 75.0 Å². The predicted octanol–water partition coefficient (Wildman–Crippen LogP) is 3.40. The SMILES string of the molecule is COc1c(OC(C)=O)cc2c(-c3ccccc3)cc(=O)oc2c1OC. The minimum atomic E-state index is -0.521. The van der Waals surface area contributed by atoms with Gasteiger partial charge in [0.2, 0.25) is 11.5 Å². The predicted molar refractivity (Wildman–Crippen MR) is 92.3 cm³/mol. The lowest BCUT2D eigenvalue weighted by atomic mass is 10.0. The summed E-state index contributed by atoms with van der Waals surface area (Å²) >= 11 is 0. The maximum Gasteiger partial charge on any atom is 0.336 e. The molecule has 0 amide bonds. The summed E-state index contributed by atoms with van der Waals surface area (Å²) in [6.07, 6.45) is 0. The zero-order valence-corrected chi connectivity index (χ0v) is 14.0. The summed E-state index contributed by atoms with van der Waals surface area (Å²) < 4.78 is 21.3. The molecule has 0 spiro atoms. The summed E-state index contributed by atoms with van der Waals surface area (Å²) in [6.45, 7) is 1.29. The van der Waals surface area contributed by atoms with E-state index in [0.29, 0.717) is 10.9 Å². The van der Waals surface area contributed by atoms with Gasteiger partial charge in [-0.3, -0.25) is 4.79 Å². The molecule has 3 rings (SSSR count). The van der Waals surface area contributed by atoms with E-state index >= 15 is 0 Å². The van der Waals surface area contributed by atoms with E-state index in [-0.39, 0.29) is 22.8 Å². The minimum Gasteiger partial charge on any atom is -0.490 e. The van der Waals surface area contributed by atoms with E-state index in [0.717, 1.165) is 5.56 Å². The smallest absolute Gasteiger partial charge is 0.336 e. The largest absolute Gasteiger partial charge is 0.490 e. The number of methoxy groups -OCH3 is 2. The third-order valence-corrected chi connectivity index (χ3v) is 3.66. The van der Waals surface area contributed by atoms with Gasteiger partial charge in [-0.05, 0) is 11.6 Å². The van der Waals surface area contributed by atoms with Gasteiger partial charge in [-0.15, -0.1) is 0 Å². The quantitative estimate of drug-likeness (QED) is 0.412. The van der Waals surface area contributed by atoms with Gasteiger partial charge in [0, 0.05) is 23.9 Å². The van der Waals surface area contributed by atoms with Crippen molar-refractivity contribution in [2.75, 3.05) is 14.2 Å². The number of benzene rings is 2. The van der Waals surface area contributed by atoms with Crippen LogP contribution in [0.15, 0.2) is 51.7 Å². The van der Waals surface area contributed by atoms with Gasteiger partial charge in [0.1, 0.15) is 0 Å². The average molecular weight is 340 g/mol. The second-order valence-corrected chi connectivity index (χ2v) is 5.26. The Morgan fingerprint density at radius 2 is 1.68 bits per heavy atom. The minimum absolute atomic E-state index is 0.179. The monoisotopic (exact) mass is 340 g/mol. The van der Waals surface area contributed by atoms with E-state index in [1.807, 2.05) is 30.3 Å². The van der Waals surface area contributed by atoms with E-state index in [1.54, 1.807) is 6.07 Å². The number of rotatable bonds is 4. The lowest BCUT2D eigenvalue weighted by Crippen LogP contribution is -2.06. The maximum atomic E-state index is 12.1. The molecule has 0 aliphatic carbocycles. The van der Waals surface area contributed by atoms with Crippen molar-refractivity contribution in [2.45, 2.75) is 6.92 Å². The molecule has 6 nitrogen and oxygen atoms in total. The second kappa shape index (κ2) is 6.68. The van der Waals surface area contributed by atoms with E-state index in [1.165, 1.54) is 27.2 Å². The van der Waals surface area contributed by atoms with Crippen LogP contribution in [0.2, 0.25) is 0 Å². The molecule has 0 unspecified atom stereocenters. The van der Waals surface area contributed by atoms with Crippen LogP contribution in [0.5, 0.6) is 17.2 Å². The number of hydrogen-bond acceptors (Lipinski definition) is 6. The molecule has 0 bridgehead atoms. The van der Waals surface area contributed by atoms with E-state index in [2.05, 4.69) is 0 Å². The van der Waals surface area contributed by atoms with Crippen LogP contribution in [0.1, 0.15) is 6.92 Å². The second-order valence-electron chi connectivity index (χ2n) is 5.26. The van der Waals surface area contributed by atoms with Crippen LogP contribution in [0.4, 0.5) is 0 Å². The number of fused-ring (bicyclic) bond motifs is 1. The Morgan fingerprint density at radius 3 is 2.28 bits per heavy atom. The normalized spacial score (nSPS) is 10.5. The van der Waals surface area contributed by atoms with Crippen LogP contribution in [0.25, 0.3) is 22.1 Å². The maximum absolute atomic E-state index is 12.1. The summed E-state index contributed by atoms with van der Waals surface area (Å²) in [5, 5.41) is 0.569. The van der Waals surface area contributed by atoms with Crippen LogP contribution in [0.3, 0.4) is 0 Å². The van der Waals surface area contributed by atoms with Crippen LogP contribution in [0, 0.1) is 0 Å². The van der Waals surface area contributed by atoms with Crippen molar-refractivity contribution >= 4 is 16.9 Å². The molecule has 0 N–H and O–H groups in total. The molecule has 1 heterocycles. The van der Waals surface area contributed by atoms with Crippen LogP contribution in [-0.4, -0.2) is 20.2 Å². The van der Waals surface area contributed by atoms with E-state index in [4.69, 9.17) is 18.6 Å². The Hall–Kier alpha value is -3.28. The van der Waals surface area contributed by atoms with Gasteiger partial charge >= 0.3 is 11.6 Å². The van der Waals surface area contributed by atoms with Gasteiger partial charge in [0.05, 0.1) is 14.2 Å². The first kappa shape index (κ1) is 16.6. The third-order valence-electron chi connectivity index (χ3n) is 3.66. The Labute approximate surface area is 143 Å².